The Morgan fingerprint density at radius 2 is 0.948 bits per heavy atom. The number of rotatable bonds is 17. The van der Waals surface area contributed by atoms with Crippen molar-refractivity contribution in [2.24, 2.45) is 56.7 Å². The number of carboxylic acid groups (broad SMARTS) is 2. The Morgan fingerprint density at radius 3 is 1.31 bits per heavy atom. The number of ketones is 1. The van der Waals surface area contributed by atoms with Gasteiger partial charge in [0.05, 0.1) is 59.7 Å². The van der Waals surface area contributed by atoms with Gasteiger partial charge in [-0.1, -0.05) is 69.7 Å². The van der Waals surface area contributed by atoms with Crippen LogP contribution in [0, 0.1) is 56.7 Å². The van der Waals surface area contributed by atoms with Crippen molar-refractivity contribution >= 4 is 82.8 Å². The zero-order valence-corrected chi connectivity index (χ0v) is 58.4. The van der Waals surface area contributed by atoms with Crippen molar-refractivity contribution in [1.82, 2.24) is 47.4 Å². The third-order valence-electron chi connectivity index (χ3n) is 18.4. The molecule has 30 heteroatoms. The van der Waals surface area contributed by atoms with Gasteiger partial charge in [0.1, 0.15) is 5.78 Å². The number of methoxy groups -OCH3 is 2. The number of hydrogen-bond acceptors (Lipinski definition) is 18. The van der Waals surface area contributed by atoms with E-state index in [0.29, 0.717) is 134 Å². The molecule has 8 aliphatic heterocycles. The van der Waals surface area contributed by atoms with E-state index in [9.17, 15) is 72.2 Å². The van der Waals surface area contributed by atoms with Gasteiger partial charge in [-0.25, -0.2) is 0 Å². The predicted molar refractivity (Wildman–Crippen MR) is 349 cm³/mol. The number of esters is 2. The monoisotopic (exact) mass is 1360 g/mol. The number of carboxylic acids is 2. The summed E-state index contributed by atoms with van der Waals surface area (Å²) in [5.41, 5.74) is -2.99. The van der Waals surface area contributed by atoms with Crippen molar-refractivity contribution in [2.45, 2.75) is 192 Å². The molecule has 7 atom stereocenters. The number of nitrogens with zero attached hydrogens (tertiary/aromatic N) is 1. The fourth-order valence-corrected chi connectivity index (χ4v) is 12.1. The third kappa shape index (κ3) is 28.8. The van der Waals surface area contributed by atoms with Crippen LogP contribution in [0.3, 0.4) is 0 Å². The van der Waals surface area contributed by atoms with Crippen LogP contribution in [0.2, 0.25) is 0 Å². The first kappa shape index (κ1) is 91.4. The number of aliphatic hydroxyl groups is 1. The molecule has 8 heterocycles. The van der Waals surface area contributed by atoms with Crippen molar-refractivity contribution in [1.29, 1.82) is 0 Å². The van der Waals surface area contributed by atoms with Gasteiger partial charge in [-0.05, 0) is 88.4 Å². The van der Waals surface area contributed by atoms with Gasteiger partial charge in [0.15, 0.2) is 0 Å². The summed E-state index contributed by atoms with van der Waals surface area (Å²) >= 11 is 0. The molecule has 544 valence electrons. The molecule has 7 unspecified atom stereocenters. The minimum absolute atomic E-state index is 0. The maximum absolute atomic E-state index is 12.1. The summed E-state index contributed by atoms with van der Waals surface area (Å²) in [4.78, 5) is 159. The zero-order chi connectivity index (χ0) is 70.3. The summed E-state index contributed by atoms with van der Waals surface area (Å²) in [5, 5.41) is 48.5. The summed E-state index contributed by atoms with van der Waals surface area (Å²) in [6, 6.07) is 0. The summed E-state index contributed by atoms with van der Waals surface area (Å²) < 4.78 is 9.23. The topological polar surface area (TPSA) is 448 Å². The van der Waals surface area contributed by atoms with Crippen LogP contribution < -0.4 is 61.4 Å². The number of ether oxygens (including phenoxy) is 2. The van der Waals surface area contributed by atoms with Gasteiger partial charge in [-0.2, -0.15) is 0 Å². The number of Topliss-reactive ketones (excluding diaryl/α,β-unsaturated/α-hetero) is 1. The van der Waals surface area contributed by atoms with E-state index in [1.54, 1.807) is 0 Å². The molecule has 29 nitrogen and oxygen atoms in total. The van der Waals surface area contributed by atoms with Crippen LogP contribution in [0.5, 0.6) is 0 Å². The summed E-state index contributed by atoms with van der Waals surface area (Å²) in [6.07, 6.45) is 9.44. The standard InChI is InChI=1S/C12H22N2O2.C12H21NO3.C11H18N2O2.C9H15NO3.C8H13NO3.C7H11NO3.C6H9NO3.CH4.Li.H2O/c1-4-12(5-6-13-10(15)7-12)11(16)14-8-9(2)3;1-9(2)3-4-10(15)12(8-14)5-6-13-11(16)7-12;1-8(2)6-13-7-11(10(13)15)3-4-12-9(14)5-11;1-3-9(8(12)13-2)4-5-10-7(11)6-9;1-2-8(7(11)12)3-4-9-6(10)5-8;1-11-7(10)5-2-3-8-6(9)4-5;8-5-3-4(6(9)10)1-2-7-5;;;/h9H,4-8H2,1-3H3,(H,13,15)(H,14,16);9,14H,3-8H2,1-2H3,(H,13,16);8H,3-7H2,1-2H3,(H,12,14);3-6H2,1-2H3,(H,10,11);2-5H2,1H3,(H,9,10)(H,11,12);5H,2-4H2,1H3,(H,8,9);4H,1-3H2,(H,7,8)(H,9,10);1H4;;1H2/q;;;;;;;;+1;/p-1. The van der Waals surface area contributed by atoms with E-state index in [2.05, 4.69) is 88.8 Å². The molecule has 8 fully saturated rings. The molecule has 8 aliphatic rings. The molecule has 12 N–H and O–H groups in total. The molecule has 0 aromatic rings. The minimum atomic E-state index is -0.866. The average Bonchev–Trinajstić information content (AvgIpc) is 1.60. The van der Waals surface area contributed by atoms with Crippen LogP contribution in [-0.4, -0.2) is 195 Å². The molecule has 0 bridgehead atoms. The predicted octanol–water partition coefficient (Wildman–Crippen LogP) is -0.0843. The number of amides is 9. The van der Waals surface area contributed by atoms with Crippen LogP contribution in [0.1, 0.15) is 192 Å². The number of nitrogens with one attached hydrogen (secondary N) is 8. The first-order valence-electron chi connectivity index (χ1n) is 32.9. The second-order valence-electron chi connectivity index (χ2n) is 26.8. The van der Waals surface area contributed by atoms with Crippen LogP contribution >= 0.6 is 0 Å². The normalized spacial score (nSPS) is 26.2. The zero-order valence-electron chi connectivity index (χ0n) is 58.4. The Balaban J connectivity index is 0. The molecule has 0 aliphatic carbocycles. The molecule has 0 radical (unpaired) electrons. The van der Waals surface area contributed by atoms with Crippen LogP contribution in [0.25, 0.3) is 0 Å². The Morgan fingerprint density at radius 1 is 0.542 bits per heavy atom. The number of likely N-dealkylation sites (tertiary alicyclic amines) is 1. The molecular weight excluding hydrogens is 1250 g/mol. The van der Waals surface area contributed by atoms with E-state index in [0.717, 1.165) is 38.8 Å². The summed E-state index contributed by atoms with van der Waals surface area (Å²) in [6.45, 7) is 24.1. The van der Waals surface area contributed by atoms with E-state index in [4.69, 9.17) is 14.9 Å². The third-order valence-corrected chi connectivity index (χ3v) is 18.4. The van der Waals surface area contributed by atoms with E-state index >= 15 is 0 Å². The van der Waals surface area contributed by atoms with Gasteiger partial charge in [-0.15, -0.1) is 0 Å². The number of carbonyl (C=O) groups excluding carboxylic acids is 12. The van der Waals surface area contributed by atoms with Gasteiger partial charge in [0.2, 0.25) is 53.2 Å². The second kappa shape index (κ2) is 44.3. The van der Waals surface area contributed by atoms with E-state index in [1.807, 2.05) is 25.7 Å². The molecule has 0 aromatic heterocycles. The number of aliphatic carboxylic acids is 2. The smallest absolute Gasteiger partial charge is 0.870 e. The Hall–Kier alpha value is -6.70. The average molecular weight is 1360 g/mol. The van der Waals surface area contributed by atoms with Crippen molar-refractivity contribution in [3.8, 4) is 0 Å². The van der Waals surface area contributed by atoms with E-state index < -0.39 is 39.5 Å². The van der Waals surface area contributed by atoms with Gasteiger partial charge < -0.3 is 77.7 Å². The summed E-state index contributed by atoms with van der Waals surface area (Å²) in [7, 11) is 2.71. The molecule has 9 amide bonds. The molecule has 0 saturated carbocycles. The fourth-order valence-electron chi connectivity index (χ4n) is 12.1. The molecule has 1 spiro atoms. The van der Waals surface area contributed by atoms with Crippen molar-refractivity contribution in [3.05, 3.63) is 0 Å². The van der Waals surface area contributed by atoms with E-state index in [-0.39, 0.29) is 153 Å². The Bertz CT molecular complexity index is 2550. The van der Waals surface area contributed by atoms with Gasteiger partial charge >= 0.3 is 42.7 Å². The first-order chi connectivity index (χ1) is 43.7. The second-order valence-corrected chi connectivity index (χ2v) is 26.8. The largest absolute Gasteiger partial charge is 1.00 e. The Kier molecular flexibility index (Phi) is 42.1. The fraction of sp³-hybridized carbons (Fsp3) is 0.788. The molecular formula is C66H114LiN9O20. The number of carbonyl (C=O) groups is 14. The molecule has 0 aromatic carbocycles. The van der Waals surface area contributed by atoms with Gasteiger partial charge in [0, 0.05) is 117 Å². The quantitative estimate of drug-likeness (QED) is 0.0515. The number of aliphatic hydroxyl groups excluding tert-OH is 1. The van der Waals surface area contributed by atoms with Crippen LogP contribution in [-0.2, 0) is 76.6 Å². The maximum Gasteiger partial charge on any atom is 1.00 e. The molecule has 8 saturated heterocycles. The number of hydrogen-bond donors (Lipinski definition) is 11. The van der Waals surface area contributed by atoms with Crippen LogP contribution in [0.15, 0.2) is 0 Å². The van der Waals surface area contributed by atoms with Crippen molar-refractivity contribution < 1.29 is 116 Å². The summed E-state index contributed by atoms with van der Waals surface area (Å²) in [5.74, 6) is -1.79. The SMILES string of the molecule is C.CC(C)CCC(=O)C1(CO)CCNC(=O)C1.CC(C)CN1CC2(CCNC(=O)C2)C1=O.CCC1(C(=O)NCC(C)C)CCNC(=O)C1.CCC1(C(=O)O)CCNC(=O)C1.CCC1(C(=O)OC)CCNC(=O)C1.COC(=O)C1CCNC(=O)C1.O=C1CC(C(=O)O)CCN1.[Li+].[OH-]. The van der Waals surface area contributed by atoms with Gasteiger partial charge in [-0.3, -0.25) is 67.1 Å². The van der Waals surface area contributed by atoms with E-state index in [1.165, 1.54) is 14.2 Å². The number of β-lactam (4-membered cyclic amide) rings is 1. The van der Waals surface area contributed by atoms with Crippen LogP contribution in [0.4, 0.5) is 0 Å². The number of piperidine rings is 7. The van der Waals surface area contributed by atoms with Gasteiger partial charge in [0.25, 0.3) is 0 Å². The van der Waals surface area contributed by atoms with Crippen molar-refractivity contribution in [2.75, 3.05) is 86.3 Å². The molecule has 96 heavy (non-hydrogen) atoms. The Labute approximate surface area is 578 Å². The first-order valence-corrected chi connectivity index (χ1v) is 32.9. The minimum Gasteiger partial charge on any atom is -0.870 e. The van der Waals surface area contributed by atoms with Crippen molar-refractivity contribution in [3.63, 3.8) is 0 Å². The molecule has 8 rings (SSSR count). The maximum atomic E-state index is 12.1.